The molecule has 20 heavy (non-hydrogen) atoms. The molecular formula is C15H11FN2O2. The number of ketones is 1. The van der Waals surface area contributed by atoms with Crippen LogP contribution >= 0.6 is 0 Å². The van der Waals surface area contributed by atoms with E-state index < -0.39 is 11.6 Å². The summed E-state index contributed by atoms with van der Waals surface area (Å²) in [7, 11) is 0. The number of benzene rings is 2. The molecule has 5 heteroatoms. The Hall–Kier alpha value is -2.69. The average Bonchev–Trinajstić information content (AvgIpc) is 2.77. The minimum atomic E-state index is -0.648. The van der Waals surface area contributed by atoms with Crippen LogP contribution in [0.15, 0.2) is 36.4 Å². The van der Waals surface area contributed by atoms with Crippen LogP contribution in [0.5, 0.6) is 0 Å². The SMILES string of the molecule is Nc1ccc(C(=O)c2ccc3c(c2)CC(=O)N3)c(F)c1. The van der Waals surface area contributed by atoms with Crippen LogP contribution in [0.1, 0.15) is 21.5 Å². The van der Waals surface area contributed by atoms with Gasteiger partial charge in [-0.3, -0.25) is 9.59 Å². The summed E-state index contributed by atoms with van der Waals surface area (Å²) in [4.78, 5) is 23.5. The van der Waals surface area contributed by atoms with E-state index in [4.69, 9.17) is 5.73 Å². The van der Waals surface area contributed by atoms with Crippen molar-refractivity contribution in [2.45, 2.75) is 6.42 Å². The van der Waals surface area contributed by atoms with Crippen molar-refractivity contribution in [1.82, 2.24) is 0 Å². The number of nitrogens with one attached hydrogen (secondary N) is 1. The lowest BCUT2D eigenvalue weighted by atomic mass is 9.99. The van der Waals surface area contributed by atoms with Crippen LogP contribution in [0.25, 0.3) is 0 Å². The first kappa shape index (κ1) is 12.3. The zero-order valence-corrected chi connectivity index (χ0v) is 10.4. The van der Waals surface area contributed by atoms with Crippen molar-refractivity contribution in [3.63, 3.8) is 0 Å². The third-order valence-electron chi connectivity index (χ3n) is 3.23. The fourth-order valence-corrected chi connectivity index (χ4v) is 2.24. The molecule has 1 aliphatic heterocycles. The third-order valence-corrected chi connectivity index (χ3v) is 3.23. The van der Waals surface area contributed by atoms with Crippen LogP contribution in [0.3, 0.4) is 0 Å². The molecule has 0 saturated heterocycles. The molecule has 0 aromatic heterocycles. The van der Waals surface area contributed by atoms with Crippen LogP contribution < -0.4 is 11.1 Å². The van der Waals surface area contributed by atoms with E-state index in [1.54, 1.807) is 18.2 Å². The van der Waals surface area contributed by atoms with E-state index in [1.165, 1.54) is 12.1 Å². The topological polar surface area (TPSA) is 72.2 Å². The number of halogens is 1. The van der Waals surface area contributed by atoms with Crippen molar-refractivity contribution < 1.29 is 14.0 Å². The van der Waals surface area contributed by atoms with Crippen molar-refractivity contribution in [3.05, 3.63) is 58.9 Å². The summed E-state index contributed by atoms with van der Waals surface area (Å²) < 4.78 is 13.8. The predicted molar refractivity (Wildman–Crippen MR) is 73.0 cm³/mol. The molecule has 0 aliphatic carbocycles. The number of carbonyl (C=O) groups excluding carboxylic acids is 2. The number of amides is 1. The Balaban J connectivity index is 1.99. The zero-order valence-electron chi connectivity index (χ0n) is 10.4. The Bertz CT molecular complexity index is 741. The molecule has 1 heterocycles. The van der Waals surface area contributed by atoms with Crippen LogP contribution in [-0.2, 0) is 11.2 Å². The summed E-state index contributed by atoms with van der Waals surface area (Å²) in [5.41, 5.74) is 7.49. The molecule has 4 nitrogen and oxygen atoms in total. The fraction of sp³-hybridized carbons (Fsp3) is 0.0667. The Kier molecular flexibility index (Phi) is 2.75. The quantitative estimate of drug-likeness (QED) is 0.648. The summed E-state index contributed by atoms with van der Waals surface area (Å²) in [5.74, 6) is -1.18. The first-order valence-corrected chi connectivity index (χ1v) is 6.07. The highest BCUT2D eigenvalue weighted by molar-refractivity contribution is 6.10. The second kappa shape index (κ2) is 4.45. The first-order valence-electron chi connectivity index (χ1n) is 6.07. The number of carbonyl (C=O) groups is 2. The molecule has 1 amide bonds. The van der Waals surface area contributed by atoms with Gasteiger partial charge in [-0.1, -0.05) is 0 Å². The molecule has 100 valence electrons. The minimum absolute atomic E-state index is 0.0311. The number of hydrogen-bond donors (Lipinski definition) is 2. The maximum Gasteiger partial charge on any atom is 0.228 e. The smallest absolute Gasteiger partial charge is 0.228 e. The van der Waals surface area contributed by atoms with Gasteiger partial charge in [-0.05, 0) is 42.0 Å². The van der Waals surface area contributed by atoms with Crippen LogP contribution in [0.4, 0.5) is 15.8 Å². The molecule has 3 N–H and O–H groups in total. The molecule has 0 fully saturated rings. The molecule has 0 saturated carbocycles. The predicted octanol–water partition coefficient (Wildman–Crippen LogP) is 2.13. The van der Waals surface area contributed by atoms with Crippen molar-refractivity contribution in [2.75, 3.05) is 11.1 Å². The summed E-state index contributed by atoms with van der Waals surface area (Å²) in [6.07, 6.45) is 0.237. The Morgan fingerprint density at radius 3 is 2.75 bits per heavy atom. The van der Waals surface area contributed by atoms with Gasteiger partial charge in [0.2, 0.25) is 5.91 Å². The van der Waals surface area contributed by atoms with Crippen molar-refractivity contribution in [3.8, 4) is 0 Å². The highest BCUT2D eigenvalue weighted by Crippen LogP contribution is 2.25. The van der Waals surface area contributed by atoms with Gasteiger partial charge in [0.05, 0.1) is 12.0 Å². The van der Waals surface area contributed by atoms with Gasteiger partial charge in [0.25, 0.3) is 0 Å². The normalized spacial score (nSPS) is 12.9. The first-order chi connectivity index (χ1) is 9.54. The largest absolute Gasteiger partial charge is 0.399 e. The van der Waals surface area contributed by atoms with E-state index in [9.17, 15) is 14.0 Å². The number of rotatable bonds is 2. The highest BCUT2D eigenvalue weighted by atomic mass is 19.1. The second-order valence-corrected chi connectivity index (χ2v) is 4.67. The lowest BCUT2D eigenvalue weighted by Gasteiger charge is -2.05. The van der Waals surface area contributed by atoms with Crippen LogP contribution in [-0.4, -0.2) is 11.7 Å². The van der Waals surface area contributed by atoms with Gasteiger partial charge in [-0.15, -0.1) is 0 Å². The highest BCUT2D eigenvalue weighted by Gasteiger charge is 2.20. The molecule has 3 rings (SSSR count). The zero-order chi connectivity index (χ0) is 14.3. The van der Waals surface area contributed by atoms with Crippen molar-refractivity contribution >= 4 is 23.1 Å². The van der Waals surface area contributed by atoms with Gasteiger partial charge in [-0.2, -0.15) is 0 Å². The van der Waals surface area contributed by atoms with Crippen LogP contribution in [0.2, 0.25) is 0 Å². The number of nitrogen functional groups attached to an aromatic ring is 1. The van der Waals surface area contributed by atoms with Gasteiger partial charge < -0.3 is 11.1 Å². The van der Waals surface area contributed by atoms with Gasteiger partial charge in [0.1, 0.15) is 5.82 Å². The molecule has 0 bridgehead atoms. The standard InChI is InChI=1S/C15H11FN2O2/c16-12-7-10(17)2-3-11(12)15(20)8-1-4-13-9(5-8)6-14(19)18-13/h1-5,7H,6,17H2,(H,18,19). The molecule has 2 aromatic carbocycles. The van der Waals surface area contributed by atoms with Gasteiger partial charge in [-0.25, -0.2) is 4.39 Å². The summed E-state index contributed by atoms with van der Waals surface area (Å²) in [6.45, 7) is 0. The minimum Gasteiger partial charge on any atom is -0.399 e. The summed E-state index contributed by atoms with van der Waals surface area (Å²) >= 11 is 0. The third kappa shape index (κ3) is 2.03. The molecule has 0 unspecified atom stereocenters. The van der Waals surface area contributed by atoms with Gasteiger partial charge in [0, 0.05) is 16.9 Å². The number of nitrogens with two attached hydrogens (primary N) is 1. The van der Waals surface area contributed by atoms with E-state index in [0.29, 0.717) is 11.3 Å². The van der Waals surface area contributed by atoms with Gasteiger partial charge >= 0.3 is 0 Å². The van der Waals surface area contributed by atoms with E-state index in [1.807, 2.05) is 0 Å². The van der Waals surface area contributed by atoms with E-state index in [0.717, 1.165) is 11.6 Å². The molecule has 0 atom stereocenters. The van der Waals surface area contributed by atoms with E-state index in [-0.39, 0.29) is 23.6 Å². The molecular weight excluding hydrogens is 259 g/mol. The fourth-order valence-electron chi connectivity index (χ4n) is 2.24. The molecule has 2 aromatic rings. The van der Waals surface area contributed by atoms with E-state index >= 15 is 0 Å². The lowest BCUT2D eigenvalue weighted by Crippen LogP contribution is -2.05. The monoisotopic (exact) mass is 270 g/mol. The van der Waals surface area contributed by atoms with Gasteiger partial charge in [0.15, 0.2) is 5.78 Å². The maximum atomic E-state index is 13.8. The number of anilines is 2. The van der Waals surface area contributed by atoms with E-state index in [2.05, 4.69) is 5.32 Å². The Morgan fingerprint density at radius 2 is 2.00 bits per heavy atom. The summed E-state index contributed by atoms with van der Waals surface area (Å²) in [5, 5.41) is 2.68. The second-order valence-electron chi connectivity index (χ2n) is 4.67. The van der Waals surface area contributed by atoms with Crippen LogP contribution in [0, 0.1) is 5.82 Å². The summed E-state index contributed by atoms with van der Waals surface area (Å²) in [6, 6.07) is 8.81. The van der Waals surface area contributed by atoms with Crippen molar-refractivity contribution in [1.29, 1.82) is 0 Å². The average molecular weight is 270 g/mol. The Morgan fingerprint density at radius 1 is 1.20 bits per heavy atom. The number of hydrogen-bond acceptors (Lipinski definition) is 3. The molecule has 0 spiro atoms. The molecule has 0 radical (unpaired) electrons. The van der Waals surface area contributed by atoms with Crippen molar-refractivity contribution in [2.24, 2.45) is 0 Å². The maximum absolute atomic E-state index is 13.8. The number of fused-ring (bicyclic) bond motifs is 1. The molecule has 1 aliphatic rings. The lowest BCUT2D eigenvalue weighted by molar-refractivity contribution is -0.115. The Labute approximate surface area is 114 Å².